The lowest BCUT2D eigenvalue weighted by Crippen LogP contribution is -2.69. The number of hydrogen-bond donors (Lipinski definition) is 3. The average Bonchev–Trinajstić information content (AvgIpc) is 3.54. The molecule has 3 unspecified atom stereocenters. The number of rotatable bonds is 4. The number of amides is 1. The fourth-order valence-corrected chi connectivity index (χ4v) is 9.88. The van der Waals surface area contributed by atoms with Crippen LogP contribution in [0.4, 0.5) is 0 Å². The second-order valence-electron chi connectivity index (χ2n) is 13.2. The number of ether oxygens (including phenoxy) is 5. The lowest BCUT2D eigenvalue weighted by molar-refractivity contribution is -0.152. The molecule has 5 aliphatic rings. The Morgan fingerprint density at radius 2 is 1.92 bits per heavy atom. The quantitative estimate of drug-likeness (QED) is 0.312. The van der Waals surface area contributed by atoms with Crippen LogP contribution in [0.15, 0.2) is 6.07 Å². The van der Waals surface area contributed by atoms with E-state index in [2.05, 4.69) is 21.2 Å². The third kappa shape index (κ3) is 4.99. The summed E-state index contributed by atoms with van der Waals surface area (Å²) in [6, 6.07) is -0.0699. The number of carbonyl (C=O) groups excluding carboxylic acids is 3. The van der Waals surface area contributed by atoms with Gasteiger partial charge in [-0.25, -0.2) is 4.79 Å². The molecule has 4 bridgehead atoms. The standard InChI is InChI=1S/C34H39N5O9S/c1-13-7-17-8-19-20(9-35)39-21-10-45-34(43)18(37-33(42)15(3)36)11-49-32(26(39)25(38(19)5)22(17)27(41)28(13)44-6)24-23(21)31-30(46-12-47-31)14(2)29(24)48-16(4)40/h7,15,18-21,25-26,32,41H,8,10-12,36H2,1-6H3,(H,37,42)/t15?,18?,19-,20+,21+,25+,26?,32-/m1/s1. The predicted octanol–water partition coefficient (Wildman–Crippen LogP) is 2.06. The highest BCUT2D eigenvalue weighted by molar-refractivity contribution is 7.99. The minimum atomic E-state index is -1.04. The van der Waals surface area contributed by atoms with Crippen LogP contribution in [0.5, 0.6) is 28.7 Å². The molecule has 14 nitrogen and oxygen atoms in total. The van der Waals surface area contributed by atoms with Crippen molar-refractivity contribution in [3.05, 3.63) is 39.4 Å². The summed E-state index contributed by atoms with van der Waals surface area (Å²) in [7, 11) is 3.47. The number of phenols is 1. The van der Waals surface area contributed by atoms with Gasteiger partial charge in [-0.2, -0.15) is 5.26 Å². The predicted molar refractivity (Wildman–Crippen MR) is 176 cm³/mol. The number of benzene rings is 2. The summed E-state index contributed by atoms with van der Waals surface area (Å²) >= 11 is 1.37. The van der Waals surface area contributed by atoms with Crippen LogP contribution in [-0.4, -0.2) is 96.3 Å². The highest BCUT2D eigenvalue weighted by Gasteiger charge is 2.60. The van der Waals surface area contributed by atoms with Crippen molar-refractivity contribution in [3.63, 3.8) is 0 Å². The van der Waals surface area contributed by atoms with Gasteiger partial charge in [0, 0.05) is 47.0 Å². The Hall–Kier alpha value is -4.23. The number of aromatic hydroxyl groups is 1. The van der Waals surface area contributed by atoms with Gasteiger partial charge in [-0.1, -0.05) is 6.07 Å². The summed E-state index contributed by atoms with van der Waals surface area (Å²) in [5.41, 5.74) is 10.1. The lowest BCUT2D eigenvalue weighted by atomic mass is 9.71. The number of nitrogens with one attached hydrogen (secondary N) is 1. The van der Waals surface area contributed by atoms with Gasteiger partial charge in [-0.3, -0.25) is 19.4 Å². The molecule has 8 atom stereocenters. The van der Waals surface area contributed by atoms with E-state index in [1.54, 1.807) is 6.92 Å². The Morgan fingerprint density at radius 3 is 2.59 bits per heavy atom. The van der Waals surface area contributed by atoms with E-state index in [0.29, 0.717) is 51.7 Å². The van der Waals surface area contributed by atoms with Gasteiger partial charge in [0.1, 0.15) is 24.4 Å². The van der Waals surface area contributed by atoms with Crippen molar-refractivity contribution in [1.29, 1.82) is 5.26 Å². The first-order valence-corrected chi connectivity index (χ1v) is 17.2. The highest BCUT2D eigenvalue weighted by Crippen LogP contribution is 2.64. The molecule has 0 aromatic heterocycles. The highest BCUT2D eigenvalue weighted by atomic mass is 32.2. The second kappa shape index (κ2) is 12.3. The minimum Gasteiger partial charge on any atom is -0.504 e. The van der Waals surface area contributed by atoms with E-state index < -0.39 is 59.3 Å². The third-order valence-electron chi connectivity index (χ3n) is 10.4. The van der Waals surface area contributed by atoms with E-state index in [4.69, 9.17) is 29.4 Å². The number of carbonyl (C=O) groups is 3. The number of nitrogens with two attached hydrogens (primary N) is 1. The maximum absolute atomic E-state index is 13.6. The summed E-state index contributed by atoms with van der Waals surface area (Å²) in [4.78, 5) is 43.3. The smallest absolute Gasteiger partial charge is 0.329 e. The van der Waals surface area contributed by atoms with Crippen LogP contribution in [0.25, 0.3) is 0 Å². The van der Waals surface area contributed by atoms with E-state index in [1.807, 2.05) is 20.0 Å². The maximum atomic E-state index is 13.6. The van der Waals surface area contributed by atoms with Crippen molar-refractivity contribution in [3.8, 4) is 34.8 Å². The monoisotopic (exact) mass is 693 g/mol. The molecule has 0 saturated carbocycles. The van der Waals surface area contributed by atoms with Crippen LogP contribution in [0.2, 0.25) is 0 Å². The third-order valence-corrected chi connectivity index (χ3v) is 11.8. The number of phenolic OH excluding ortho intramolecular Hbond substituents is 1. The summed E-state index contributed by atoms with van der Waals surface area (Å²) in [6.45, 7) is 6.25. The molecule has 2 aromatic rings. The molecule has 260 valence electrons. The first kappa shape index (κ1) is 33.3. The fourth-order valence-electron chi connectivity index (χ4n) is 8.37. The number of nitrogens with zero attached hydrogens (tertiary/aromatic N) is 3. The normalized spacial score (nSPS) is 29.0. The Labute approximate surface area is 287 Å². The van der Waals surface area contributed by atoms with Gasteiger partial charge in [0.05, 0.1) is 36.6 Å². The molecule has 5 heterocycles. The summed E-state index contributed by atoms with van der Waals surface area (Å²) in [5.74, 6) is -0.0698. The van der Waals surface area contributed by atoms with E-state index in [1.165, 1.54) is 32.7 Å². The van der Waals surface area contributed by atoms with Gasteiger partial charge in [0.15, 0.2) is 23.0 Å². The zero-order chi connectivity index (χ0) is 35.0. The molecule has 0 radical (unpaired) electrons. The van der Waals surface area contributed by atoms with Gasteiger partial charge in [0.25, 0.3) is 0 Å². The van der Waals surface area contributed by atoms with E-state index in [9.17, 15) is 24.8 Å². The number of fused-ring (bicyclic) bond motifs is 9. The van der Waals surface area contributed by atoms with Crippen LogP contribution >= 0.6 is 11.8 Å². The van der Waals surface area contributed by atoms with Crippen molar-refractivity contribution in [1.82, 2.24) is 15.1 Å². The van der Waals surface area contributed by atoms with Crippen molar-refractivity contribution >= 4 is 29.6 Å². The fraction of sp³-hybridized carbons (Fsp3) is 0.529. The van der Waals surface area contributed by atoms with Crippen LogP contribution < -0.4 is 30.0 Å². The van der Waals surface area contributed by atoms with Gasteiger partial charge < -0.3 is 39.8 Å². The molecule has 49 heavy (non-hydrogen) atoms. The number of methoxy groups -OCH3 is 1. The van der Waals surface area contributed by atoms with Crippen LogP contribution in [0, 0.1) is 25.2 Å². The van der Waals surface area contributed by atoms with Crippen LogP contribution in [-0.2, 0) is 25.5 Å². The Bertz CT molecular complexity index is 1810. The molecule has 0 aliphatic carbocycles. The van der Waals surface area contributed by atoms with Crippen molar-refractivity contribution in [2.45, 2.75) is 81.7 Å². The number of piperazine rings is 1. The van der Waals surface area contributed by atoms with Crippen molar-refractivity contribution < 1.29 is 43.2 Å². The van der Waals surface area contributed by atoms with Crippen molar-refractivity contribution in [2.24, 2.45) is 5.73 Å². The molecule has 0 spiro atoms. The van der Waals surface area contributed by atoms with E-state index >= 15 is 0 Å². The summed E-state index contributed by atoms with van der Waals surface area (Å²) in [6.07, 6.45) is 0.481. The number of likely N-dealkylation sites (N-methyl/N-ethyl adjacent to an activating group) is 1. The lowest BCUT2D eigenvalue weighted by Gasteiger charge is -2.61. The molecule has 2 aromatic carbocycles. The van der Waals surface area contributed by atoms with Gasteiger partial charge in [-0.15, -0.1) is 11.8 Å². The van der Waals surface area contributed by atoms with Gasteiger partial charge >= 0.3 is 11.9 Å². The Balaban J connectivity index is 1.52. The molecular formula is C34H39N5O9S. The van der Waals surface area contributed by atoms with E-state index in [-0.39, 0.29) is 30.9 Å². The average molecular weight is 694 g/mol. The zero-order valence-corrected chi connectivity index (χ0v) is 28.9. The molecule has 1 amide bonds. The first-order chi connectivity index (χ1) is 23.4. The zero-order valence-electron chi connectivity index (χ0n) is 28.1. The molecule has 15 heteroatoms. The number of hydrogen-bond acceptors (Lipinski definition) is 14. The number of cyclic esters (lactones) is 1. The SMILES string of the molecule is COc1c(C)cc2c(c1O)[C@H]1C3[C@@H]4SCC(NC(=O)C(C)N)C(=O)OC[C@@H](c5c6c(c(C)c(OC(C)=O)c54)OCO6)N3[C@@H](C#N)[C@@H](C2)N1C. The Kier molecular flexibility index (Phi) is 8.33. The molecule has 5 aliphatic heterocycles. The molecule has 2 saturated heterocycles. The van der Waals surface area contributed by atoms with Crippen LogP contribution in [0.3, 0.4) is 0 Å². The van der Waals surface area contributed by atoms with E-state index in [0.717, 1.165) is 11.1 Å². The summed E-state index contributed by atoms with van der Waals surface area (Å²) in [5, 5.41) is 24.9. The molecule has 2 fully saturated rings. The van der Waals surface area contributed by atoms with Crippen molar-refractivity contribution in [2.75, 3.05) is 33.3 Å². The number of esters is 2. The number of thioether (sulfide) groups is 1. The largest absolute Gasteiger partial charge is 0.504 e. The van der Waals surface area contributed by atoms with Gasteiger partial charge in [-0.05, 0) is 45.4 Å². The minimum absolute atomic E-state index is 0.0249. The first-order valence-electron chi connectivity index (χ1n) is 16.2. The van der Waals surface area contributed by atoms with Gasteiger partial charge in [0.2, 0.25) is 12.7 Å². The topological polar surface area (TPSA) is 186 Å². The maximum Gasteiger partial charge on any atom is 0.329 e. The molecular weight excluding hydrogens is 654 g/mol. The molecule has 7 rings (SSSR count). The Morgan fingerprint density at radius 1 is 1.18 bits per heavy atom. The second-order valence-corrected chi connectivity index (χ2v) is 14.4. The summed E-state index contributed by atoms with van der Waals surface area (Å²) < 4.78 is 29.7. The number of aryl methyl sites for hydroxylation is 1. The number of nitriles is 1. The van der Waals surface area contributed by atoms with Crippen LogP contribution in [0.1, 0.15) is 64.6 Å². The molecule has 4 N–H and O–H groups in total.